The number of nitrogens with zero attached hydrogens (tertiary/aromatic N) is 2. The van der Waals surface area contributed by atoms with Crippen LogP contribution < -0.4 is 10.1 Å². The second-order valence-electron chi connectivity index (χ2n) is 5.46. The fraction of sp³-hybridized carbons (Fsp3) is 0.412. The van der Waals surface area contributed by atoms with Crippen LogP contribution in [-0.4, -0.2) is 36.2 Å². The highest BCUT2D eigenvalue weighted by Crippen LogP contribution is 2.13. The summed E-state index contributed by atoms with van der Waals surface area (Å²) in [6.45, 7) is 5.78. The van der Waals surface area contributed by atoms with Gasteiger partial charge in [-0.1, -0.05) is 17.3 Å². The molecule has 0 saturated heterocycles. The van der Waals surface area contributed by atoms with Crippen molar-refractivity contribution in [3.63, 3.8) is 0 Å². The number of rotatable bonds is 8. The average Bonchev–Trinajstić information content (AvgIpc) is 2.91. The highest BCUT2D eigenvalue weighted by atomic mass is 16.5. The molecule has 0 aliphatic rings. The number of aryl methyl sites for hydroxylation is 1. The van der Waals surface area contributed by atoms with Crippen molar-refractivity contribution in [2.75, 3.05) is 20.2 Å². The largest absolute Gasteiger partial charge is 0.494 e. The van der Waals surface area contributed by atoms with E-state index in [9.17, 15) is 4.79 Å². The Hall–Kier alpha value is -2.34. The first-order valence-corrected chi connectivity index (χ1v) is 7.66. The van der Waals surface area contributed by atoms with Crippen molar-refractivity contribution >= 4 is 5.91 Å². The van der Waals surface area contributed by atoms with E-state index < -0.39 is 0 Å². The summed E-state index contributed by atoms with van der Waals surface area (Å²) in [6, 6.07) is 9.60. The van der Waals surface area contributed by atoms with E-state index in [0.717, 1.165) is 22.8 Å². The van der Waals surface area contributed by atoms with Gasteiger partial charge < -0.3 is 14.6 Å². The molecule has 1 heterocycles. The topological polar surface area (TPSA) is 67.6 Å². The molecule has 0 atom stereocenters. The molecule has 0 aliphatic heterocycles. The minimum Gasteiger partial charge on any atom is -0.494 e. The van der Waals surface area contributed by atoms with Crippen molar-refractivity contribution in [3.05, 3.63) is 47.3 Å². The number of nitrogens with one attached hydrogen (secondary N) is 1. The Balaban J connectivity index is 1.77. The predicted octanol–water partition coefficient (Wildman–Crippen LogP) is 2.13. The zero-order valence-corrected chi connectivity index (χ0v) is 13.8. The summed E-state index contributed by atoms with van der Waals surface area (Å²) in [4.78, 5) is 13.9. The van der Waals surface area contributed by atoms with Gasteiger partial charge in [-0.3, -0.25) is 9.69 Å². The summed E-state index contributed by atoms with van der Waals surface area (Å²) >= 11 is 0. The maximum Gasteiger partial charge on any atom is 0.234 e. The molecule has 23 heavy (non-hydrogen) atoms. The summed E-state index contributed by atoms with van der Waals surface area (Å²) < 4.78 is 10.5. The minimum atomic E-state index is -0.0328. The number of hydrogen-bond acceptors (Lipinski definition) is 5. The lowest BCUT2D eigenvalue weighted by atomic mass is 10.2. The lowest BCUT2D eigenvalue weighted by Gasteiger charge is -2.14. The van der Waals surface area contributed by atoms with Gasteiger partial charge in [0.05, 0.1) is 18.8 Å². The SMILES string of the molecule is CCOc1cccc(CNC(=O)CN(C)Cc2cc(C)on2)c1. The van der Waals surface area contributed by atoms with E-state index in [1.807, 2.05) is 56.1 Å². The molecule has 0 saturated carbocycles. The monoisotopic (exact) mass is 317 g/mol. The van der Waals surface area contributed by atoms with Crippen molar-refractivity contribution in [2.24, 2.45) is 0 Å². The Bertz CT molecular complexity index is 640. The van der Waals surface area contributed by atoms with E-state index >= 15 is 0 Å². The highest BCUT2D eigenvalue weighted by Gasteiger charge is 2.09. The fourth-order valence-electron chi connectivity index (χ4n) is 2.24. The molecule has 0 unspecified atom stereocenters. The van der Waals surface area contributed by atoms with Crippen molar-refractivity contribution in [1.82, 2.24) is 15.4 Å². The molecule has 6 heteroatoms. The predicted molar refractivity (Wildman–Crippen MR) is 87.0 cm³/mol. The zero-order chi connectivity index (χ0) is 16.7. The van der Waals surface area contributed by atoms with Gasteiger partial charge in [0, 0.05) is 19.2 Å². The highest BCUT2D eigenvalue weighted by molar-refractivity contribution is 5.77. The lowest BCUT2D eigenvalue weighted by Crippen LogP contribution is -2.34. The Morgan fingerprint density at radius 3 is 2.91 bits per heavy atom. The summed E-state index contributed by atoms with van der Waals surface area (Å²) in [5, 5.41) is 6.83. The zero-order valence-electron chi connectivity index (χ0n) is 13.8. The van der Waals surface area contributed by atoms with Crippen LogP contribution in [0.5, 0.6) is 5.75 Å². The van der Waals surface area contributed by atoms with Gasteiger partial charge in [-0.2, -0.15) is 0 Å². The number of aromatic nitrogens is 1. The van der Waals surface area contributed by atoms with Crippen LogP contribution in [0.4, 0.5) is 0 Å². The van der Waals surface area contributed by atoms with Gasteiger partial charge >= 0.3 is 0 Å². The third kappa shape index (κ3) is 5.75. The maximum atomic E-state index is 12.0. The van der Waals surface area contributed by atoms with Crippen LogP contribution in [0.2, 0.25) is 0 Å². The summed E-state index contributed by atoms with van der Waals surface area (Å²) in [6.07, 6.45) is 0. The normalized spacial score (nSPS) is 10.8. The number of carbonyl (C=O) groups excluding carboxylic acids is 1. The van der Waals surface area contributed by atoms with Crippen molar-refractivity contribution < 1.29 is 14.1 Å². The number of amides is 1. The van der Waals surface area contributed by atoms with E-state index in [2.05, 4.69) is 10.5 Å². The first-order chi connectivity index (χ1) is 11.1. The van der Waals surface area contributed by atoms with Gasteiger partial charge in [0.1, 0.15) is 11.5 Å². The van der Waals surface area contributed by atoms with Gasteiger partial charge in [0.2, 0.25) is 5.91 Å². The van der Waals surface area contributed by atoms with E-state index in [0.29, 0.717) is 26.2 Å². The second-order valence-corrected chi connectivity index (χ2v) is 5.46. The number of likely N-dealkylation sites (N-methyl/N-ethyl adjacent to an activating group) is 1. The van der Waals surface area contributed by atoms with Crippen LogP contribution in [0.25, 0.3) is 0 Å². The van der Waals surface area contributed by atoms with Crippen LogP contribution in [0.3, 0.4) is 0 Å². The van der Waals surface area contributed by atoms with E-state index in [1.54, 1.807) is 0 Å². The van der Waals surface area contributed by atoms with Gasteiger partial charge in [-0.05, 0) is 38.6 Å². The number of hydrogen-bond donors (Lipinski definition) is 1. The van der Waals surface area contributed by atoms with Gasteiger partial charge in [-0.15, -0.1) is 0 Å². The minimum absolute atomic E-state index is 0.0328. The van der Waals surface area contributed by atoms with Gasteiger partial charge in [-0.25, -0.2) is 0 Å². The van der Waals surface area contributed by atoms with E-state index in [-0.39, 0.29) is 5.91 Å². The molecule has 0 fully saturated rings. The van der Waals surface area contributed by atoms with Crippen LogP contribution in [0, 0.1) is 6.92 Å². The third-order valence-electron chi connectivity index (χ3n) is 3.22. The molecule has 0 aliphatic carbocycles. The summed E-state index contributed by atoms with van der Waals surface area (Å²) in [7, 11) is 1.87. The number of benzene rings is 1. The quantitative estimate of drug-likeness (QED) is 0.808. The smallest absolute Gasteiger partial charge is 0.234 e. The molecule has 1 aromatic heterocycles. The van der Waals surface area contributed by atoms with Crippen molar-refractivity contribution in [1.29, 1.82) is 0 Å². The van der Waals surface area contributed by atoms with Gasteiger partial charge in [0.15, 0.2) is 0 Å². The van der Waals surface area contributed by atoms with E-state index in [1.165, 1.54) is 0 Å². The Morgan fingerprint density at radius 1 is 1.39 bits per heavy atom. The lowest BCUT2D eigenvalue weighted by molar-refractivity contribution is -0.122. The molecular weight excluding hydrogens is 294 g/mol. The van der Waals surface area contributed by atoms with Crippen LogP contribution in [0.1, 0.15) is 23.9 Å². The molecule has 124 valence electrons. The van der Waals surface area contributed by atoms with Crippen LogP contribution >= 0.6 is 0 Å². The maximum absolute atomic E-state index is 12.0. The molecule has 6 nitrogen and oxygen atoms in total. The molecule has 0 spiro atoms. The van der Waals surface area contributed by atoms with Crippen LogP contribution in [-0.2, 0) is 17.9 Å². The number of ether oxygens (including phenoxy) is 1. The fourth-order valence-corrected chi connectivity index (χ4v) is 2.24. The molecule has 1 N–H and O–H groups in total. The molecule has 1 amide bonds. The first-order valence-electron chi connectivity index (χ1n) is 7.66. The average molecular weight is 317 g/mol. The molecule has 0 radical (unpaired) electrons. The number of carbonyl (C=O) groups is 1. The Labute approximate surface area is 136 Å². The molecule has 2 rings (SSSR count). The standard InChI is InChI=1S/C17H23N3O3/c1-4-22-16-7-5-6-14(9-16)10-18-17(21)12-20(3)11-15-8-13(2)23-19-15/h5-9H,4,10-12H2,1-3H3,(H,18,21). The van der Waals surface area contributed by atoms with Crippen molar-refractivity contribution in [2.45, 2.75) is 26.9 Å². The molecular formula is C17H23N3O3. The molecule has 2 aromatic rings. The van der Waals surface area contributed by atoms with Crippen LogP contribution in [0.15, 0.2) is 34.9 Å². The molecule has 1 aromatic carbocycles. The van der Waals surface area contributed by atoms with Crippen molar-refractivity contribution in [3.8, 4) is 5.75 Å². The summed E-state index contributed by atoms with van der Waals surface area (Å²) in [5.41, 5.74) is 1.83. The first kappa shape index (κ1) is 17.0. The summed E-state index contributed by atoms with van der Waals surface area (Å²) in [5.74, 6) is 1.55. The third-order valence-corrected chi connectivity index (χ3v) is 3.22. The van der Waals surface area contributed by atoms with E-state index in [4.69, 9.17) is 9.26 Å². The Kier molecular flexibility index (Phi) is 6.17. The second kappa shape index (κ2) is 8.33. The van der Waals surface area contributed by atoms with Gasteiger partial charge in [0.25, 0.3) is 0 Å². The molecule has 0 bridgehead atoms. The Morgan fingerprint density at radius 2 is 2.22 bits per heavy atom.